The number of imidazole rings is 1. The van der Waals surface area contributed by atoms with Crippen LogP contribution in [0.4, 0.5) is 0 Å². The van der Waals surface area contributed by atoms with Crippen LogP contribution in [-0.4, -0.2) is 37.0 Å². The molecule has 0 fully saturated rings. The van der Waals surface area contributed by atoms with Gasteiger partial charge in [-0.05, 0) is 6.92 Å². The van der Waals surface area contributed by atoms with Crippen LogP contribution in [0.2, 0.25) is 0 Å². The Balaban J connectivity index is 0.00000106. The number of hydrogen-bond donors (Lipinski definition) is 1. The first-order valence-electron chi connectivity index (χ1n) is 6.82. The lowest BCUT2D eigenvalue weighted by molar-refractivity contribution is -0.143. The molecule has 2 aromatic rings. The van der Waals surface area contributed by atoms with Crippen molar-refractivity contribution in [2.75, 3.05) is 6.61 Å². The summed E-state index contributed by atoms with van der Waals surface area (Å²) in [6, 6.07) is 0. The zero-order chi connectivity index (χ0) is 15.8. The van der Waals surface area contributed by atoms with E-state index in [9.17, 15) is 9.59 Å². The van der Waals surface area contributed by atoms with Crippen LogP contribution in [0.3, 0.4) is 0 Å². The van der Waals surface area contributed by atoms with Crippen LogP contribution >= 0.6 is 0 Å². The van der Waals surface area contributed by atoms with Gasteiger partial charge in [0.1, 0.15) is 12.0 Å². The third-order valence-corrected chi connectivity index (χ3v) is 2.52. The van der Waals surface area contributed by atoms with E-state index in [1.165, 1.54) is 10.7 Å². The normalized spacial score (nSPS) is 10.1. The van der Waals surface area contributed by atoms with Crippen LogP contribution in [0.1, 0.15) is 32.9 Å². The summed E-state index contributed by atoms with van der Waals surface area (Å²) in [7, 11) is 0. The number of fused-ring (bicyclic) bond motifs is 1. The van der Waals surface area contributed by atoms with Gasteiger partial charge in [-0.3, -0.25) is 4.79 Å². The molecule has 0 saturated heterocycles. The van der Waals surface area contributed by atoms with Gasteiger partial charge in [-0.2, -0.15) is 4.68 Å². The van der Waals surface area contributed by atoms with E-state index < -0.39 is 5.69 Å². The second kappa shape index (κ2) is 8.10. The fraction of sp³-hybridized carbons (Fsp3) is 0.583. The Morgan fingerprint density at radius 1 is 1.43 bits per heavy atom. The number of esters is 1. The molecule has 2 heterocycles. The zero-order valence-electron chi connectivity index (χ0n) is 12.4. The summed E-state index contributed by atoms with van der Waals surface area (Å²) in [5.41, 5.74) is 5.89. The number of carbonyl (C=O) groups is 1. The van der Waals surface area contributed by atoms with Crippen LogP contribution in [0, 0.1) is 0 Å². The van der Waals surface area contributed by atoms with Crippen molar-refractivity contribution in [1.82, 2.24) is 24.4 Å². The fourth-order valence-corrected chi connectivity index (χ4v) is 1.60. The predicted molar refractivity (Wildman–Crippen MR) is 75.5 cm³/mol. The second-order valence-corrected chi connectivity index (χ2v) is 3.74. The summed E-state index contributed by atoms with van der Waals surface area (Å²) in [5, 5.41) is 7.63. The molecule has 21 heavy (non-hydrogen) atoms. The number of rotatable bonds is 5. The van der Waals surface area contributed by atoms with Crippen LogP contribution in [0.15, 0.2) is 11.1 Å². The van der Waals surface area contributed by atoms with Gasteiger partial charge >= 0.3 is 11.7 Å². The molecule has 0 spiro atoms. The Hall–Kier alpha value is -2.29. The van der Waals surface area contributed by atoms with Gasteiger partial charge in [0.05, 0.1) is 19.6 Å². The van der Waals surface area contributed by atoms with Crippen molar-refractivity contribution in [2.45, 2.75) is 40.3 Å². The molecule has 0 unspecified atom stereocenters. The first kappa shape index (κ1) is 16.8. The summed E-state index contributed by atoms with van der Waals surface area (Å²) in [6.07, 6.45) is 1.40. The number of aromatic nitrogens is 5. The van der Waals surface area contributed by atoms with E-state index in [0.29, 0.717) is 17.9 Å². The smallest absolute Gasteiger partial charge is 0.352 e. The fourth-order valence-electron chi connectivity index (χ4n) is 1.60. The molecular formula is C12H20N6O3. The third kappa shape index (κ3) is 3.85. The Morgan fingerprint density at radius 3 is 2.76 bits per heavy atom. The zero-order valence-corrected chi connectivity index (χ0v) is 12.4. The van der Waals surface area contributed by atoms with Crippen LogP contribution in [0.25, 0.3) is 5.65 Å². The van der Waals surface area contributed by atoms with Crippen molar-refractivity contribution in [1.29, 1.82) is 0 Å². The van der Waals surface area contributed by atoms with Crippen molar-refractivity contribution < 1.29 is 9.53 Å². The number of carbonyl (C=O) groups excluding carboxylic acids is 1. The molecule has 2 N–H and O–H groups in total. The molecule has 2 aromatic heterocycles. The number of nitrogens with zero attached hydrogens (tertiary/aromatic N) is 5. The maximum Gasteiger partial charge on any atom is 0.352 e. The number of hydrogen-bond acceptors (Lipinski definition) is 7. The minimum atomic E-state index is -0.415. The highest BCUT2D eigenvalue weighted by atomic mass is 16.5. The minimum Gasteiger partial charge on any atom is -0.466 e. The van der Waals surface area contributed by atoms with Gasteiger partial charge in [-0.15, -0.1) is 5.10 Å². The molecule has 116 valence electrons. The standard InChI is InChI=1S/C10H14N6O3.C2H6/c1-2-19-8(17)3-4-16-10(18)15-6-12-7(5-11)9(15)13-14-16;1-2/h6H,2-5,11H2,1H3;1-2H3. The number of nitrogens with two attached hydrogens (primary N) is 1. The molecular weight excluding hydrogens is 276 g/mol. The Kier molecular flexibility index (Phi) is 6.47. The maximum absolute atomic E-state index is 12.0. The molecule has 0 radical (unpaired) electrons. The average molecular weight is 296 g/mol. The predicted octanol–water partition coefficient (Wildman–Crippen LogP) is -0.276. The van der Waals surface area contributed by atoms with Crippen LogP contribution in [0.5, 0.6) is 0 Å². The van der Waals surface area contributed by atoms with E-state index in [1.807, 2.05) is 13.8 Å². The molecule has 0 atom stereocenters. The Labute approximate surface area is 121 Å². The topological polar surface area (TPSA) is 117 Å². The molecule has 9 nitrogen and oxygen atoms in total. The van der Waals surface area contributed by atoms with E-state index >= 15 is 0 Å². The molecule has 0 aliphatic heterocycles. The highest BCUT2D eigenvalue weighted by molar-refractivity contribution is 5.69. The number of aryl methyl sites for hydroxylation is 1. The molecule has 0 bridgehead atoms. The van der Waals surface area contributed by atoms with E-state index in [2.05, 4.69) is 15.3 Å². The number of ether oxygens (including phenoxy) is 1. The summed E-state index contributed by atoms with van der Waals surface area (Å²) < 4.78 is 7.11. The van der Waals surface area contributed by atoms with Crippen molar-refractivity contribution in [3.05, 3.63) is 22.5 Å². The van der Waals surface area contributed by atoms with Gasteiger partial charge in [-0.25, -0.2) is 14.2 Å². The van der Waals surface area contributed by atoms with E-state index in [-0.39, 0.29) is 25.5 Å². The van der Waals surface area contributed by atoms with Crippen molar-refractivity contribution in [3.63, 3.8) is 0 Å². The van der Waals surface area contributed by atoms with Crippen molar-refractivity contribution >= 4 is 11.6 Å². The van der Waals surface area contributed by atoms with E-state index in [1.54, 1.807) is 6.92 Å². The molecule has 9 heteroatoms. The highest BCUT2D eigenvalue weighted by Gasteiger charge is 2.11. The first-order chi connectivity index (χ1) is 10.2. The molecule has 0 aliphatic carbocycles. The molecule has 0 amide bonds. The van der Waals surface area contributed by atoms with Gasteiger partial charge in [0.15, 0.2) is 5.65 Å². The molecule has 0 saturated carbocycles. The van der Waals surface area contributed by atoms with Crippen molar-refractivity contribution in [2.24, 2.45) is 5.73 Å². The second-order valence-electron chi connectivity index (χ2n) is 3.74. The Morgan fingerprint density at radius 2 is 2.14 bits per heavy atom. The summed E-state index contributed by atoms with van der Waals surface area (Å²) >= 11 is 0. The lowest BCUT2D eigenvalue weighted by atomic mass is 10.4. The largest absolute Gasteiger partial charge is 0.466 e. The summed E-state index contributed by atoms with van der Waals surface area (Å²) in [6.45, 7) is 6.31. The quantitative estimate of drug-likeness (QED) is 0.754. The lowest BCUT2D eigenvalue weighted by Gasteiger charge is -2.03. The van der Waals surface area contributed by atoms with Crippen LogP contribution < -0.4 is 11.4 Å². The van der Waals surface area contributed by atoms with Gasteiger partial charge in [0, 0.05) is 6.54 Å². The Bertz CT molecular complexity index is 648. The van der Waals surface area contributed by atoms with Gasteiger partial charge in [-0.1, -0.05) is 19.1 Å². The van der Waals surface area contributed by atoms with Gasteiger partial charge in [0.2, 0.25) is 0 Å². The summed E-state index contributed by atoms with van der Waals surface area (Å²) in [4.78, 5) is 27.2. The lowest BCUT2D eigenvalue weighted by Crippen LogP contribution is -2.30. The van der Waals surface area contributed by atoms with Crippen LogP contribution in [-0.2, 0) is 22.6 Å². The first-order valence-corrected chi connectivity index (χ1v) is 6.82. The minimum absolute atomic E-state index is 0.0619. The average Bonchev–Trinajstić information content (AvgIpc) is 2.93. The third-order valence-electron chi connectivity index (χ3n) is 2.52. The SMILES string of the molecule is CC.CCOC(=O)CCn1nnc2c(CN)ncn2c1=O. The molecule has 0 aromatic carbocycles. The molecule has 2 rings (SSSR count). The summed E-state index contributed by atoms with van der Waals surface area (Å²) in [5.74, 6) is -0.385. The van der Waals surface area contributed by atoms with Gasteiger partial charge in [0.25, 0.3) is 0 Å². The molecule has 0 aliphatic rings. The van der Waals surface area contributed by atoms with Crippen molar-refractivity contribution in [3.8, 4) is 0 Å². The highest BCUT2D eigenvalue weighted by Crippen LogP contribution is 2.00. The van der Waals surface area contributed by atoms with E-state index in [0.717, 1.165) is 4.68 Å². The van der Waals surface area contributed by atoms with E-state index in [4.69, 9.17) is 10.5 Å². The van der Waals surface area contributed by atoms with Gasteiger partial charge < -0.3 is 10.5 Å². The monoisotopic (exact) mass is 296 g/mol. The maximum atomic E-state index is 12.0.